The van der Waals surface area contributed by atoms with E-state index < -0.39 is 0 Å². The van der Waals surface area contributed by atoms with Crippen LogP contribution in [0.4, 0.5) is 15.8 Å². The Morgan fingerprint density at radius 3 is 2.37 bits per heavy atom. The summed E-state index contributed by atoms with van der Waals surface area (Å²) in [6, 6.07) is 13.3. The summed E-state index contributed by atoms with van der Waals surface area (Å²) in [4.78, 5) is 27.7. The zero-order valence-electron chi connectivity index (χ0n) is 17.3. The number of halogens is 1. The number of piperazine rings is 1. The van der Waals surface area contributed by atoms with E-state index in [4.69, 9.17) is 4.74 Å². The maximum Gasteiger partial charge on any atom is 0.338 e. The molecule has 0 aromatic heterocycles. The Hall–Kier alpha value is -2.93. The van der Waals surface area contributed by atoms with Crippen LogP contribution in [-0.2, 0) is 9.53 Å². The lowest BCUT2D eigenvalue weighted by molar-refractivity contribution is -0.892. The number of quaternary nitrogens is 1. The van der Waals surface area contributed by atoms with Crippen LogP contribution in [0.1, 0.15) is 30.1 Å². The number of benzene rings is 2. The van der Waals surface area contributed by atoms with Gasteiger partial charge in [-0.2, -0.15) is 0 Å². The van der Waals surface area contributed by atoms with Gasteiger partial charge in [0.1, 0.15) is 5.82 Å². The minimum Gasteiger partial charge on any atom is -0.462 e. The van der Waals surface area contributed by atoms with Gasteiger partial charge in [0.25, 0.3) is 5.91 Å². The number of anilines is 2. The minimum absolute atomic E-state index is 0.0569. The van der Waals surface area contributed by atoms with Gasteiger partial charge in [0.05, 0.1) is 38.3 Å². The highest BCUT2D eigenvalue weighted by Crippen LogP contribution is 2.14. The number of unbranched alkanes of at least 4 members (excludes halogenated alkanes) is 1. The summed E-state index contributed by atoms with van der Waals surface area (Å²) >= 11 is 0. The fraction of sp³-hybridized carbons (Fsp3) is 0.391. The summed E-state index contributed by atoms with van der Waals surface area (Å²) in [5.41, 5.74) is 2.15. The summed E-state index contributed by atoms with van der Waals surface area (Å²) in [6.45, 7) is 6.18. The molecule has 6 nitrogen and oxygen atoms in total. The Labute approximate surface area is 176 Å². The molecule has 0 spiro atoms. The molecule has 0 unspecified atom stereocenters. The molecule has 0 saturated carbocycles. The zero-order valence-corrected chi connectivity index (χ0v) is 17.3. The molecule has 2 N–H and O–H groups in total. The monoisotopic (exact) mass is 414 g/mol. The highest BCUT2D eigenvalue weighted by atomic mass is 19.1. The normalized spacial score (nSPS) is 14.4. The van der Waals surface area contributed by atoms with Gasteiger partial charge in [-0.05, 0) is 55.0 Å². The SMILES string of the molecule is CCCCOC(=O)c1ccc(NC(=O)C[NH+]2CCN(c3ccc(F)cc3)CC2)cc1. The minimum atomic E-state index is -0.343. The van der Waals surface area contributed by atoms with E-state index in [0.717, 1.165) is 44.7 Å². The fourth-order valence-electron chi connectivity index (χ4n) is 3.42. The summed E-state index contributed by atoms with van der Waals surface area (Å²) in [6.07, 6.45) is 1.82. The maximum absolute atomic E-state index is 13.1. The number of carbonyl (C=O) groups is 2. The molecule has 1 aliphatic heterocycles. The molecule has 7 heteroatoms. The average molecular weight is 415 g/mol. The third kappa shape index (κ3) is 6.29. The quantitative estimate of drug-likeness (QED) is 0.513. The molecule has 1 amide bonds. The molecular formula is C23H29FN3O3+. The average Bonchev–Trinajstić information content (AvgIpc) is 2.75. The van der Waals surface area contributed by atoms with Crippen molar-refractivity contribution < 1.29 is 23.6 Å². The topological polar surface area (TPSA) is 63.1 Å². The lowest BCUT2D eigenvalue weighted by Gasteiger charge is -2.33. The number of esters is 1. The molecule has 0 aliphatic carbocycles. The predicted molar refractivity (Wildman–Crippen MR) is 114 cm³/mol. The number of carbonyl (C=O) groups excluding carboxylic acids is 2. The number of nitrogens with zero attached hydrogens (tertiary/aromatic N) is 1. The number of hydrogen-bond donors (Lipinski definition) is 2. The first-order chi connectivity index (χ1) is 14.5. The van der Waals surface area contributed by atoms with Crippen molar-refractivity contribution in [2.24, 2.45) is 0 Å². The standard InChI is InChI=1S/C23H28FN3O3/c1-2-3-16-30-23(29)18-4-8-20(9-5-18)25-22(28)17-26-12-14-27(15-13-26)21-10-6-19(24)7-11-21/h4-11H,2-3,12-17H2,1H3,(H,25,28)/p+1. The van der Waals surface area contributed by atoms with Gasteiger partial charge >= 0.3 is 5.97 Å². The molecule has 0 atom stereocenters. The van der Waals surface area contributed by atoms with Crippen molar-refractivity contribution >= 4 is 23.3 Å². The third-order valence-corrected chi connectivity index (χ3v) is 5.21. The van der Waals surface area contributed by atoms with Gasteiger partial charge in [-0.15, -0.1) is 0 Å². The lowest BCUT2D eigenvalue weighted by Crippen LogP contribution is -3.15. The van der Waals surface area contributed by atoms with E-state index in [1.54, 1.807) is 36.4 Å². The number of nitrogens with one attached hydrogen (secondary N) is 2. The van der Waals surface area contributed by atoms with E-state index in [0.29, 0.717) is 24.4 Å². The summed E-state index contributed by atoms with van der Waals surface area (Å²) in [7, 11) is 0. The van der Waals surface area contributed by atoms with E-state index in [-0.39, 0.29) is 17.7 Å². The van der Waals surface area contributed by atoms with Crippen molar-refractivity contribution in [1.29, 1.82) is 0 Å². The van der Waals surface area contributed by atoms with E-state index >= 15 is 0 Å². The lowest BCUT2D eigenvalue weighted by atomic mass is 10.2. The molecule has 2 aromatic rings. The molecule has 1 fully saturated rings. The van der Waals surface area contributed by atoms with Crippen LogP contribution in [0.5, 0.6) is 0 Å². The van der Waals surface area contributed by atoms with E-state index in [2.05, 4.69) is 10.2 Å². The van der Waals surface area contributed by atoms with E-state index in [1.807, 2.05) is 6.92 Å². The van der Waals surface area contributed by atoms with Crippen LogP contribution in [-0.4, -0.2) is 51.2 Å². The van der Waals surface area contributed by atoms with Gasteiger partial charge in [-0.3, -0.25) is 4.79 Å². The van der Waals surface area contributed by atoms with Crippen molar-refractivity contribution in [2.75, 3.05) is 49.5 Å². The molecule has 1 heterocycles. The summed E-state index contributed by atoms with van der Waals surface area (Å²) < 4.78 is 18.3. The number of hydrogen-bond acceptors (Lipinski definition) is 4. The number of rotatable bonds is 8. The summed E-state index contributed by atoms with van der Waals surface area (Å²) in [5.74, 6) is -0.635. The van der Waals surface area contributed by atoms with E-state index in [9.17, 15) is 14.0 Å². The van der Waals surface area contributed by atoms with Crippen LogP contribution in [0, 0.1) is 5.82 Å². The Balaban J connectivity index is 1.42. The Kier molecular flexibility index (Phi) is 7.79. The highest BCUT2D eigenvalue weighted by molar-refractivity contribution is 5.93. The first-order valence-electron chi connectivity index (χ1n) is 10.5. The van der Waals surface area contributed by atoms with Gasteiger partial charge in [0.2, 0.25) is 0 Å². The van der Waals surface area contributed by atoms with E-state index in [1.165, 1.54) is 17.0 Å². The summed E-state index contributed by atoms with van der Waals surface area (Å²) in [5, 5.41) is 2.89. The molecular weight excluding hydrogens is 385 g/mol. The molecule has 1 saturated heterocycles. The van der Waals surface area contributed by atoms with Gasteiger partial charge < -0.3 is 19.9 Å². The van der Waals surface area contributed by atoms with Crippen molar-refractivity contribution in [3.63, 3.8) is 0 Å². The second kappa shape index (κ2) is 10.7. The van der Waals surface area contributed by atoms with Crippen LogP contribution < -0.4 is 15.1 Å². The largest absolute Gasteiger partial charge is 0.462 e. The van der Waals surface area contributed by atoms with Gasteiger partial charge in [0.15, 0.2) is 6.54 Å². The van der Waals surface area contributed by atoms with Crippen LogP contribution >= 0.6 is 0 Å². The Bertz CT molecular complexity index is 832. The van der Waals surface area contributed by atoms with Crippen LogP contribution in [0.3, 0.4) is 0 Å². The smallest absolute Gasteiger partial charge is 0.338 e. The van der Waals surface area contributed by atoms with Crippen molar-refractivity contribution in [3.05, 3.63) is 59.9 Å². The van der Waals surface area contributed by atoms with Gasteiger partial charge in [-0.1, -0.05) is 13.3 Å². The second-order valence-corrected chi connectivity index (χ2v) is 7.51. The Morgan fingerprint density at radius 2 is 1.73 bits per heavy atom. The van der Waals surface area contributed by atoms with Crippen molar-refractivity contribution in [2.45, 2.75) is 19.8 Å². The highest BCUT2D eigenvalue weighted by Gasteiger charge is 2.22. The van der Waals surface area contributed by atoms with Crippen molar-refractivity contribution in [3.8, 4) is 0 Å². The zero-order chi connectivity index (χ0) is 21.3. The van der Waals surface area contributed by atoms with Gasteiger partial charge in [0, 0.05) is 11.4 Å². The number of ether oxygens (including phenoxy) is 1. The van der Waals surface area contributed by atoms with Crippen LogP contribution in [0.15, 0.2) is 48.5 Å². The van der Waals surface area contributed by atoms with Crippen molar-refractivity contribution in [1.82, 2.24) is 0 Å². The third-order valence-electron chi connectivity index (χ3n) is 5.21. The second-order valence-electron chi connectivity index (χ2n) is 7.51. The predicted octanol–water partition coefficient (Wildman–Crippen LogP) is 2.13. The molecule has 160 valence electrons. The van der Waals surface area contributed by atoms with Crippen LogP contribution in [0.25, 0.3) is 0 Å². The first-order valence-corrected chi connectivity index (χ1v) is 10.5. The molecule has 3 rings (SSSR count). The van der Waals surface area contributed by atoms with Crippen LogP contribution in [0.2, 0.25) is 0 Å². The molecule has 2 aromatic carbocycles. The number of amides is 1. The molecule has 0 bridgehead atoms. The first kappa shape index (κ1) is 21.8. The molecule has 1 aliphatic rings. The molecule has 0 radical (unpaired) electrons. The fourth-order valence-corrected chi connectivity index (χ4v) is 3.42. The maximum atomic E-state index is 13.1. The van der Waals surface area contributed by atoms with Gasteiger partial charge in [-0.25, -0.2) is 9.18 Å². The molecule has 30 heavy (non-hydrogen) atoms. The Morgan fingerprint density at radius 1 is 1.07 bits per heavy atom.